The largest absolute Gasteiger partial charge is 0.307 e. The molecule has 0 aliphatic heterocycles. The number of sulfonamides is 1. The summed E-state index contributed by atoms with van der Waals surface area (Å²) in [6, 6.07) is 6.78. The zero-order valence-corrected chi connectivity index (χ0v) is 13.6. The zero-order chi connectivity index (χ0) is 15.5. The Labute approximate surface area is 131 Å². The van der Waals surface area contributed by atoms with Crippen LogP contribution in [0.25, 0.3) is 0 Å². The first-order chi connectivity index (χ1) is 9.95. The molecule has 112 valence electrons. The van der Waals surface area contributed by atoms with Gasteiger partial charge in [-0.1, -0.05) is 6.07 Å². The molecule has 2 heterocycles. The molecule has 0 atom stereocenters. The van der Waals surface area contributed by atoms with Crippen LogP contribution in [-0.2, 0) is 16.6 Å². The van der Waals surface area contributed by atoms with Crippen LogP contribution in [0.15, 0.2) is 46.0 Å². The van der Waals surface area contributed by atoms with Crippen LogP contribution in [0, 0.1) is 0 Å². The first-order valence-electron chi connectivity index (χ1n) is 5.93. The lowest BCUT2D eigenvalue weighted by atomic mass is 10.3. The van der Waals surface area contributed by atoms with Crippen LogP contribution in [0.3, 0.4) is 0 Å². The highest BCUT2D eigenvalue weighted by Gasteiger charge is 2.25. The third-order valence-corrected chi connectivity index (χ3v) is 5.01. The summed E-state index contributed by atoms with van der Waals surface area (Å²) < 4.78 is 27.0. The molecule has 7 nitrogen and oxygen atoms in total. The van der Waals surface area contributed by atoms with Crippen molar-refractivity contribution in [3.8, 4) is 0 Å². The highest BCUT2D eigenvalue weighted by atomic mass is 79.9. The molecular weight excluding hydrogens is 358 g/mol. The summed E-state index contributed by atoms with van der Waals surface area (Å²) in [5.74, 6) is 5.42. The van der Waals surface area contributed by atoms with Gasteiger partial charge in [-0.25, -0.2) is 19.2 Å². The highest BCUT2D eigenvalue weighted by Crippen LogP contribution is 2.25. The quantitative estimate of drug-likeness (QED) is 0.607. The van der Waals surface area contributed by atoms with E-state index in [0.29, 0.717) is 10.2 Å². The lowest BCUT2D eigenvalue weighted by Gasteiger charge is -2.18. The van der Waals surface area contributed by atoms with Gasteiger partial charge in [0.15, 0.2) is 5.82 Å². The van der Waals surface area contributed by atoms with E-state index in [1.165, 1.54) is 23.6 Å². The Morgan fingerprint density at radius 3 is 2.76 bits per heavy atom. The number of nitrogens with one attached hydrogen (secondary N) is 1. The van der Waals surface area contributed by atoms with Gasteiger partial charge in [-0.15, -0.1) is 0 Å². The van der Waals surface area contributed by atoms with E-state index >= 15 is 0 Å². The molecule has 0 fully saturated rings. The molecule has 21 heavy (non-hydrogen) atoms. The van der Waals surface area contributed by atoms with Gasteiger partial charge in [0, 0.05) is 23.9 Å². The van der Waals surface area contributed by atoms with Crippen LogP contribution in [-0.4, -0.2) is 29.7 Å². The predicted octanol–water partition coefficient (Wildman–Crippen LogP) is 1.35. The average Bonchev–Trinajstić information content (AvgIpc) is 2.48. The van der Waals surface area contributed by atoms with E-state index in [1.807, 2.05) is 0 Å². The maximum atomic E-state index is 12.6. The Balaban J connectivity index is 2.35. The van der Waals surface area contributed by atoms with E-state index in [-0.39, 0.29) is 17.3 Å². The Bertz CT molecular complexity index is 724. The lowest BCUT2D eigenvalue weighted by Crippen LogP contribution is -2.28. The minimum atomic E-state index is -3.74. The Morgan fingerprint density at radius 2 is 2.14 bits per heavy atom. The van der Waals surface area contributed by atoms with Gasteiger partial charge in [-0.2, -0.15) is 4.31 Å². The van der Waals surface area contributed by atoms with Crippen molar-refractivity contribution in [3.05, 3.63) is 46.8 Å². The Kier molecular flexibility index (Phi) is 4.88. The second kappa shape index (κ2) is 6.48. The maximum Gasteiger partial charge on any atom is 0.246 e. The Morgan fingerprint density at radius 1 is 1.38 bits per heavy atom. The van der Waals surface area contributed by atoms with Crippen LogP contribution < -0.4 is 11.3 Å². The molecule has 9 heteroatoms. The van der Waals surface area contributed by atoms with Crippen molar-refractivity contribution < 1.29 is 8.42 Å². The van der Waals surface area contributed by atoms with Crippen LogP contribution in [0.4, 0.5) is 5.82 Å². The summed E-state index contributed by atoms with van der Waals surface area (Å²) in [4.78, 5) is 8.06. The molecule has 0 saturated carbocycles. The monoisotopic (exact) mass is 371 g/mol. The molecule has 0 saturated heterocycles. The number of nitrogens with zero attached hydrogens (tertiary/aromatic N) is 3. The fraction of sp³-hybridized carbons (Fsp3) is 0.167. The van der Waals surface area contributed by atoms with Crippen molar-refractivity contribution in [1.29, 1.82) is 0 Å². The van der Waals surface area contributed by atoms with Crippen molar-refractivity contribution in [3.63, 3.8) is 0 Å². The molecule has 0 radical (unpaired) electrons. The van der Waals surface area contributed by atoms with E-state index in [0.717, 1.165) is 0 Å². The first kappa shape index (κ1) is 15.8. The topological polar surface area (TPSA) is 101 Å². The number of aromatic nitrogens is 2. The molecule has 0 aliphatic carbocycles. The van der Waals surface area contributed by atoms with E-state index in [1.54, 1.807) is 24.4 Å². The number of hydrazine groups is 1. The number of pyridine rings is 2. The van der Waals surface area contributed by atoms with Gasteiger partial charge < -0.3 is 5.43 Å². The second-order valence-corrected chi connectivity index (χ2v) is 7.16. The summed E-state index contributed by atoms with van der Waals surface area (Å²) in [6.07, 6.45) is 3.08. The van der Waals surface area contributed by atoms with Gasteiger partial charge in [-0.3, -0.25) is 4.98 Å². The summed E-state index contributed by atoms with van der Waals surface area (Å²) in [7, 11) is -2.27. The maximum absolute atomic E-state index is 12.6. The van der Waals surface area contributed by atoms with Gasteiger partial charge in [-0.05, 0) is 34.1 Å². The van der Waals surface area contributed by atoms with E-state index < -0.39 is 10.0 Å². The molecule has 0 unspecified atom stereocenters. The second-order valence-electron chi connectivity index (χ2n) is 4.23. The van der Waals surface area contributed by atoms with Gasteiger partial charge in [0.25, 0.3) is 0 Å². The van der Waals surface area contributed by atoms with Crippen molar-refractivity contribution in [2.45, 2.75) is 11.4 Å². The number of hydrogen-bond acceptors (Lipinski definition) is 6. The predicted molar refractivity (Wildman–Crippen MR) is 82.6 cm³/mol. The normalized spacial score (nSPS) is 11.6. The lowest BCUT2D eigenvalue weighted by molar-refractivity contribution is 0.462. The van der Waals surface area contributed by atoms with Gasteiger partial charge >= 0.3 is 0 Å². The summed E-state index contributed by atoms with van der Waals surface area (Å²) >= 11 is 3.21. The summed E-state index contributed by atoms with van der Waals surface area (Å²) in [6.45, 7) is 0.152. The minimum absolute atomic E-state index is 0.00203. The van der Waals surface area contributed by atoms with Crippen molar-refractivity contribution >= 4 is 31.8 Å². The number of nitrogens with two attached hydrogens (primary N) is 1. The molecule has 0 spiro atoms. The molecule has 0 amide bonds. The fourth-order valence-corrected chi connectivity index (χ4v) is 3.45. The molecule has 2 aromatic heterocycles. The smallest absolute Gasteiger partial charge is 0.246 e. The fourth-order valence-electron chi connectivity index (χ4n) is 1.70. The summed E-state index contributed by atoms with van der Waals surface area (Å²) in [5.41, 5.74) is 2.94. The molecular formula is C12H14BrN5O2S. The summed E-state index contributed by atoms with van der Waals surface area (Å²) in [5, 5.41) is 0. The first-order valence-corrected chi connectivity index (χ1v) is 8.17. The minimum Gasteiger partial charge on any atom is -0.307 e. The van der Waals surface area contributed by atoms with Crippen LogP contribution in [0.5, 0.6) is 0 Å². The van der Waals surface area contributed by atoms with E-state index in [2.05, 4.69) is 31.3 Å². The SMILES string of the molecule is CN(Cc1ccccn1)S(=O)(=O)c1cc(Br)cnc1NN. The highest BCUT2D eigenvalue weighted by molar-refractivity contribution is 9.10. The number of hydrogen-bond donors (Lipinski definition) is 2. The van der Waals surface area contributed by atoms with Crippen molar-refractivity contribution in [1.82, 2.24) is 14.3 Å². The zero-order valence-electron chi connectivity index (χ0n) is 11.2. The third kappa shape index (κ3) is 3.56. The number of anilines is 1. The molecule has 2 aromatic rings. The van der Waals surface area contributed by atoms with Crippen LogP contribution in [0.2, 0.25) is 0 Å². The molecule has 2 rings (SSSR count). The van der Waals surface area contributed by atoms with E-state index in [9.17, 15) is 8.42 Å². The standard InChI is InChI=1S/C12H14BrN5O2S/c1-18(8-10-4-2-3-5-15-10)21(19,20)11-6-9(13)7-16-12(11)17-14/h2-7H,8,14H2,1H3,(H,16,17). The number of rotatable bonds is 5. The molecule has 0 bridgehead atoms. The third-order valence-electron chi connectivity index (χ3n) is 2.76. The molecule has 3 N–H and O–H groups in total. The average molecular weight is 372 g/mol. The van der Waals surface area contributed by atoms with Gasteiger partial charge in [0.2, 0.25) is 10.0 Å². The van der Waals surface area contributed by atoms with Crippen molar-refractivity contribution in [2.24, 2.45) is 5.84 Å². The van der Waals surface area contributed by atoms with Gasteiger partial charge in [0.05, 0.1) is 12.2 Å². The number of nitrogen functional groups attached to an aromatic ring is 1. The van der Waals surface area contributed by atoms with Crippen molar-refractivity contribution in [2.75, 3.05) is 12.5 Å². The van der Waals surface area contributed by atoms with Crippen LogP contribution >= 0.6 is 15.9 Å². The van der Waals surface area contributed by atoms with Gasteiger partial charge in [0.1, 0.15) is 4.90 Å². The molecule has 0 aliphatic rings. The molecule has 0 aromatic carbocycles. The number of halogens is 1. The van der Waals surface area contributed by atoms with Crippen LogP contribution in [0.1, 0.15) is 5.69 Å². The van der Waals surface area contributed by atoms with E-state index in [4.69, 9.17) is 5.84 Å². The Hall–Kier alpha value is -1.55.